The Bertz CT molecular complexity index is 750. The van der Waals surface area contributed by atoms with Crippen LogP contribution in [0.1, 0.15) is 48.4 Å². The number of halogens is 3. The SMILES string of the molecule is COC1(C(F)(F)F)CCN(C(=O)NC2CCCc3cc(C#N)ccc32)CC1. The molecule has 0 bridgehead atoms. The number of methoxy groups -OCH3 is 1. The first-order valence-electron chi connectivity index (χ1n) is 9.00. The first-order chi connectivity index (χ1) is 12.8. The number of carbonyl (C=O) groups excluding carboxylic acids is 1. The van der Waals surface area contributed by atoms with Crippen LogP contribution in [0.5, 0.6) is 0 Å². The molecule has 1 fully saturated rings. The number of alkyl halides is 3. The molecule has 0 radical (unpaired) electrons. The van der Waals surface area contributed by atoms with Crippen LogP contribution in [0.2, 0.25) is 0 Å². The first-order valence-corrected chi connectivity index (χ1v) is 9.00. The van der Waals surface area contributed by atoms with Crippen LogP contribution in [0.25, 0.3) is 0 Å². The van der Waals surface area contributed by atoms with Crippen molar-refractivity contribution in [2.24, 2.45) is 0 Å². The van der Waals surface area contributed by atoms with Crippen LogP contribution in [0.4, 0.5) is 18.0 Å². The molecule has 3 rings (SSSR count). The molecule has 1 aliphatic heterocycles. The number of nitrogens with zero attached hydrogens (tertiary/aromatic N) is 2. The van der Waals surface area contributed by atoms with E-state index in [0.717, 1.165) is 37.5 Å². The maximum Gasteiger partial charge on any atom is 0.417 e. The van der Waals surface area contributed by atoms with Gasteiger partial charge >= 0.3 is 12.2 Å². The highest BCUT2D eigenvalue weighted by atomic mass is 19.4. The Balaban J connectivity index is 1.66. The number of ether oxygens (including phenoxy) is 1. The minimum Gasteiger partial charge on any atom is -0.369 e. The van der Waals surface area contributed by atoms with Crippen LogP contribution >= 0.6 is 0 Å². The highest BCUT2D eigenvalue weighted by molar-refractivity contribution is 5.75. The molecular formula is C19H22F3N3O2. The van der Waals surface area contributed by atoms with Crippen molar-refractivity contribution in [3.05, 3.63) is 34.9 Å². The molecular weight excluding hydrogens is 359 g/mol. The summed E-state index contributed by atoms with van der Waals surface area (Å²) in [5, 5.41) is 12.0. The number of hydrogen-bond acceptors (Lipinski definition) is 3. The van der Waals surface area contributed by atoms with Crippen molar-refractivity contribution < 1.29 is 22.7 Å². The standard InChI is InChI=1S/C19H22F3N3O2/c1-27-18(19(20,21)22)7-9-25(10-8-18)17(26)24-16-4-2-3-14-11-13(12-23)5-6-15(14)16/h5-6,11,16H,2-4,7-10H2,1H3,(H,24,26). The number of hydrogen-bond donors (Lipinski definition) is 1. The smallest absolute Gasteiger partial charge is 0.369 e. The number of aryl methyl sites for hydroxylation is 1. The molecule has 0 spiro atoms. The quantitative estimate of drug-likeness (QED) is 0.850. The Hall–Kier alpha value is -2.27. The van der Waals surface area contributed by atoms with E-state index >= 15 is 0 Å². The Morgan fingerprint density at radius 3 is 2.67 bits per heavy atom. The number of nitriles is 1. The van der Waals surface area contributed by atoms with Gasteiger partial charge < -0.3 is 15.0 Å². The van der Waals surface area contributed by atoms with Gasteiger partial charge in [-0.25, -0.2) is 4.79 Å². The number of carbonyl (C=O) groups is 1. The van der Waals surface area contributed by atoms with Crippen LogP contribution < -0.4 is 5.32 Å². The van der Waals surface area contributed by atoms with E-state index < -0.39 is 11.8 Å². The van der Waals surface area contributed by atoms with Gasteiger partial charge in [-0.1, -0.05) is 6.07 Å². The largest absolute Gasteiger partial charge is 0.417 e. The van der Waals surface area contributed by atoms with Gasteiger partial charge in [-0.15, -0.1) is 0 Å². The first kappa shape index (κ1) is 19.5. The highest BCUT2D eigenvalue weighted by Gasteiger charge is 2.56. The second kappa shape index (κ2) is 7.39. The molecule has 1 atom stereocenters. The van der Waals surface area contributed by atoms with E-state index in [1.165, 1.54) is 4.90 Å². The topological polar surface area (TPSA) is 65.4 Å². The van der Waals surface area contributed by atoms with Crippen molar-refractivity contribution in [3.63, 3.8) is 0 Å². The van der Waals surface area contributed by atoms with Crippen LogP contribution in [-0.2, 0) is 11.2 Å². The third-order valence-corrected chi connectivity index (χ3v) is 5.65. The summed E-state index contributed by atoms with van der Waals surface area (Å²) in [6.45, 7) is -0.0156. The van der Waals surface area contributed by atoms with Crippen molar-refractivity contribution in [2.45, 2.75) is 49.9 Å². The van der Waals surface area contributed by atoms with Crippen LogP contribution in [-0.4, -0.2) is 42.9 Å². The summed E-state index contributed by atoms with van der Waals surface area (Å²) in [6.07, 6.45) is -2.49. The van der Waals surface area contributed by atoms with Gasteiger partial charge in [0.15, 0.2) is 5.60 Å². The zero-order chi connectivity index (χ0) is 19.7. The average Bonchev–Trinajstić information content (AvgIpc) is 2.66. The van der Waals surface area contributed by atoms with Gasteiger partial charge in [-0.05, 0) is 42.5 Å². The Morgan fingerprint density at radius 2 is 2.07 bits per heavy atom. The second-order valence-corrected chi connectivity index (χ2v) is 7.10. The zero-order valence-electron chi connectivity index (χ0n) is 15.1. The zero-order valence-corrected chi connectivity index (χ0v) is 15.1. The highest BCUT2D eigenvalue weighted by Crippen LogP contribution is 2.41. The van der Waals surface area contributed by atoms with E-state index in [0.29, 0.717) is 5.56 Å². The predicted octanol–water partition coefficient (Wildman–Crippen LogP) is 3.69. The van der Waals surface area contributed by atoms with E-state index in [2.05, 4.69) is 11.4 Å². The molecule has 1 aromatic carbocycles. The van der Waals surface area contributed by atoms with Crippen LogP contribution in [0, 0.1) is 11.3 Å². The molecule has 5 nitrogen and oxygen atoms in total. The number of fused-ring (bicyclic) bond motifs is 1. The van der Waals surface area contributed by atoms with Crippen molar-refractivity contribution in [1.29, 1.82) is 5.26 Å². The van der Waals surface area contributed by atoms with Gasteiger partial charge in [-0.3, -0.25) is 0 Å². The average molecular weight is 381 g/mol. The molecule has 2 amide bonds. The molecule has 1 unspecified atom stereocenters. The fourth-order valence-corrected chi connectivity index (χ4v) is 3.95. The van der Waals surface area contributed by atoms with Gasteiger partial charge in [0.25, 0.3) is 0 Å². The third-order valence-electron chi connectivity index (χ3n) is 5.65. The lowest BCUT2D eigenvalue weighted by Gasteiger charge is -2.42. The van der Waals surface area contributed by atoms with E-state index in [1.54, 1.807) is 6.07 Å². The Kier molecular flexibility index (Phi) is 5.33. The van der Waals surface area contributed by atoms with Gasteiger partial charge in [0.1, 0.15) is 0 Å². The maximum atomic E-state index is 13.3. The third kappa shape index (κ3) is 3.74. The summed E-state index contributed by atoms with van der Waals surface area (Å²) >= 11 is 0. The summed E-state index contributed by atoms with van der Waals surface area (Å²) in [4.78, 5) is 14.0. The summed E-state index contributed by atoms with van der Waals surface area (Å²) in [6, 6.07) is 6.98. The molecule has 0 saturated carbocycles. The van der Waals surface area contributed by atoms with E-state index in [1.807, 2.05) is 12.1 Å². The summed E-state index contributed by atoms with van der Waals surface area (Å²) in [7, 11) is 1.07. The number of piperidine rings is 1. The lowest BCUT2D eigenvalue weighted by Crippen LogP contribution is -2.57. The molecule has 1 saturated heterocycles. The number of benzene rings is 1. The van der Waals surface area contributed by atoms with E-state index in [4.69, 9.17) is 10.00 Å². The summed E-state index contributed by atoms with van der Waals surface area (Å²) < 4.78 is 44.6. The van der Waals surface area contributed by atoms with Crippen molar-refractivity contribution in [3.8, 4) is 6.07 Å². The van der Waals surface area contributed by atoms with Crippen LogP contribution in [0.15, 0.2) is 18.2 Å². The molecule has 146 valence electrons. The minimum atomic E-state index is -4.45. The molecule has 1 N–H and O–H groups in total. The normalized spacial score (nSPS) is 21.9. The molecule has 8 heteroatoms. The monoisotopic (exact) mass is 381 g/mol. The molecule has 1 heterocycles. The molecule has 1 aromatic rings. The molecule has 1 aliphatic carbocycles. The Labute approximate surface area is 156 Å². The number of rotatable bonds is 2. The second-order valence-electron chi connectivity index (χ2n) is 7.10. The number of urea groups is 1. The van der Waals surface area contributed by atoms with Gasteiger partial charge in [0.05, 0.1) is 17.7 Å². The number of nitrogens with one attached hydrogen (secondary N) is 1. The lowest BCUT2D eigenvalue weighted by atomic mass is 9.86. The van der Waals surface area contributed by atoms with Gasteiger partial charge in [0, 0.05) is 33.0 Å². The number of amides is 2. The summed E-state index contributed by atoms with van der Waals surface area (Å²) in [5.74, 6) is 0. The van der Waals surface area contributed by atoms with E-state index in [9.17, 15) is 18.0 Å². The van der Waals surface area contributed by atoms with Gasteiger partial charge in [0.2, 0.25) is 0 Å². The maximum absolute atomic E-state index is 13.3. The van der Waals surface area contributed by atoms with Crippen molar-refractivity contribution in [2.75, 3.05) is 20.2 Å². The predicted molar refractivity (Wildman–Crippen MR) is 92.0 cm³/mol. The summed E-state index contributed by atoms with van der Waals surface area (Å²) in [5.41, 5.74) is 0.432. The van der Waals surface area contributed by atoms with Gasteiger partial charge in [-0.2, -0.15) is 18.4 Å². The Morgan fingerprint density at radius 1 is 1.37 bits per heavy atom. The van der Waals surface area contributed by atoms with Crippen molar-refractivity contribution >= 4 is 6.03 Å². The van der Waals surface area contributed by atoms with E-state index in [-0.39, 0.29) is 38.0 Å². The fourth-order valence-electron chi connectivity index (χ4n) is 3.95. The lowest BCUT2D eigenvalue weighted by molar-refractivity contribution is -0.281. The molecule has 0 aromatic heterocycles. The molecule has 2 aliphatic rings. The minimum absolute atomic E-state index is 0.00781. The molecule has 27 heavy (non-hydrogen) atoms. The number of likely N-dealkylation sites (tertiary alicyclic amines) is 1. The van der Waals surface area contributed by atoms with Crippen LogP contribution in [0.3, 0.4) is 0 Å². The fraction of sp³-hybridized carbons (Fsp3) is 0.579. The van der Waals surface area contributed by atoms with Crippen molar-refractivity contribution in [1.82, 2.24) is 10.2 Å².